The second-order valence-corrected chi connectivity index (χ2v) is 10.00. The molecule has 1 aromatic heterocycles. The third kappa shape index (κ3) is 3.62. The molecule has 1 saturated carbocycles. The van der Waals surface area contributed by atoms with E-state index in [4.69, 9.17) is 0 Å². The quantitative estimate of drug-likeness (QED) is 0.368. The van der Waals surface area contributed by atoms with Crippen LogP contribution in [0, 0.1) is 0 Å². The Kier molecular flexibility index (Phi) is 4.93. The van der Waals surface area contributed by atoms with Crippen molar-refractivity contribution in [1.29, 1.82) is 0 Å². The van der Waals surface area contributed by atoms with E-state index < -0.39 is 5.97 Å². The van der Waals surface area contributed by atoms with Gasteiger partial charge in [-0.15, -0.1) is 0 Å². The van der Waals surface area contributed by atoms with Gasteiger partial charge in [0.2, 0.25) is 0 Å². The zero-order valence-corrected chi connectivity index (χ0v) is 18.9. The minimum absolute atomic E-state index is 0.0243. The molecule has 0 spiro atoms. The first kappa shape index (κ1) is 20.6. The van der Waals surface area contributed by atoms with Crippen molar-refractivity contribution in [2.45, 2.75) is 51.4 Å². The second kappa shape index (κ2) is 7.67. The van der Waals surface area contributed by atoms with Gasteiger partial charge in [-0.2, -0.15) is 0 Å². The van der Waals surface area contributed by atoms with Gasteiger partial charge in [-0.25, -0.2) is 4.79 Å². The second-order valence-electron chi connectivity index (χ2n) is 10.00. The Morgan fingerprint density at radius 2 is 1.72 bits per heavy atom. The molecule has 3 nitrogen and oxygen atoms in total. The standard InChI is InChI=1S/C29H29NO2/c1-29(2,3)24-14-13-22-17-26(21-10-5-9-20(15-21)19-7-4-8-19)30(27(22)18-24)25-12-6-11-23(16-25)28(31)32/h5-6,9-19H,4,7-8H2,1-3H3,(H,31,32). The topological polar surface area (TPSA) is 42.2 Å². The third-order valence-corrected chi connectivity index (χ3v) is 6.78. The molecule has 162 valence electrons. The molecular weight excluding hydrogens is 394 g/mol. The summed E-state index contributed by atoms with van der Waals surface area (Å²) in [7, 11) is 0. The summed E-state index contributed by atoms with van der Waals surface area (Å²) in [6, 6.07) is 25.0. The first-order chi connectivity index (χ1) is 15.3. The van der Waals surface area contributed by atoms with Gasteiger partial charge < -0.3 is 9.67 Å². The van der Waals surface area contributed by atoms with Gasteiger partial charge in [0.25, 0.3) is 0 Å². The SMILES string of the molecule is CC(C)(C)c1ccc2cc(-c3cccc(C4CCC4)c3)n(-c3cccc(C(=O)O)c3)c2c1. The minimum Gasteiger partial charge on any atom is -0.478 e. The molecule has 0 atom stereocenters. The van der Waals surface area contributed by atoms with E-state index in [1.807, 2.05) is 12.1 Å². The van der Waals surface area contributed by atoms with Crippen molar-refractivity contribution in [3.63, 3.8) is 0 Å². The van der Waals surface area contributed by atoms with Gasteiger partial charge in [-0.3, -0.25) is 0 Å². The fourth-order valence-electron chi connectivity index (χ4n) is 4.63. The first-order valence-electron chi connectivity index (χ1n) is 11.4. The van der Waals surface area contributed by atoms with Crippen LogP contribution in [0.5, 0.6) is 0 Å². The van der Waals surface area contributed by atoms with Crippen LogP contribution in [0.3, 0.4) is 0 Å². The van der Waals surface area contributed by atoms with E-state index in [0.29, 0.717) is 11.5 Å². The fourth-order valence-corrected chi connectivity index (χ4v) is 4.63. The Labute approximate surface area is 189 Å². The van der Waals surface area contributed by atoms with Crippen LogP contribution < -0.4 is 0 Å². The average Bonchev–Trinajstić information content (AvgIpc) is 3.11. The monoisotopic (exact) mass is 423 g/mol. The molecule has 0 amide bonds. The Hall–Kier alpha value is -3.33. The number of aromatic carboxylic acids is 1. The molecule has 0 saturated heterocycles. The molecule has 1 fully saturated rings. The number of carbonyl (C=O) groups is 1. The zero-order valence-electron chi connectivity index (χ0n) is 18.9. The summed E-state index contributed by atoms with van der Waals surface area (Å²) in [5.41, 5.74) is 7.22. The van der Waals surface area contributed by atoms with Crippen molar-refractivity contribution < 1.29 is 9.90 Å². The molecule has 3 heteroatoms. The normalized spacial score (nSPS) is 14.5. The molecule has 5 rings (SSSR count). The lowest BCUT2D eigenvalue weighted by atomic mass is 9.79. The predicted molar refractivity (Wildman–Crippen MR) is 131 cm³/mol. The van der Waals surface area contributed by atoms with E-state index in [2.05, 4.69) is 73.9 Å². The van der Waals surface area contributed by atoms with E-state index in [1.54, 1.807) is 12.1 Å². The summed E-state index contributed by atoms with van der Waals surface area (Å²) >= 11 is 0. The molecule has 3 aromatic carbocycles. The van der Waals surface area contributed by atoms with Gasteiger partial charge in [0.1, 0.15) is 0 Å². The minimum atomic E-state index is -0.910. The maximum atomic E-state index is 11.7. The van der Waals surface area contributed by atoms with Crippen LogP contribution in [-0.4, -0.2) is 15.6 Å². The molecule has 1 aliphatic rings. The zero-order chi connectivity index (χ0) is 22.5. The highest BCUT2D eigenvalue weighted by atomic mass is 16.4. The number of fused-ring (bicyclic) bond motifs is 1. The van der Waals surface area contributed by atoms with Crippen LogP contribution in [0.1, 0.15) is 67.4 Å². The summed E-state index contributed by atoms with van der Waals surface area (Å²) in [5.74, 6) is -0.247. The Balaban J connectivity index is 1.76. The van der Waals surface area contributed by atoms with Gasteiger partial charge in [0.15, 0.2) is 0 Å². The number of carboxylic acid groups (broad SMARTS) is 1. The number of hydrogen-bond acceptors (Lipinski definition) is 1. The van der Waals surface area contributed by atoms with Crippen molar-refractivity contribution >= 4 is 16.9 Å². The van der Waals surface area contributed by atoms with Crippen LogP contribution in [0.25, 0.3) is 27.8 Å². The van der Waals surface area contributed by atoms with E-state index in [-0.39, 0.29) is 5.41 Å². The van der Waals surface area contributed by atoms with Crippen LogP contribution in [0.15, 0.2) is 72.8 Å². The lowest BCUT2D eigenvalue weighted by molar-refractivity contribution is 0.0697. The molecular formula is C29H29NO2. The maximum absolute atomic E-state index is 11.7. The maximum Gasteiger partial charge on any atom is 0.335 e. The van der Waals surface area contributed by atoms with Crippen molar-refractivity contribution in [2.24, 2.45) is 0 Å². The number of carboxylic acids is 1. The summed E-state index contributed by atoms with van der Waals surface area (Å²) < 4.78 is 2.22. The van der Waals surface area contributed by atoms with Gasteiger partial charge in [0, 0.05) is 11.1 Å². The van der Waals surface area contributed by atoms with Gasteiger partial charge in [-0.05, 0) is 77.3 Å². The molecule has 4 aromatic rings. The van der Waals surface area contributed by atoms with Crippen LogP contribution in [0.4, 0.5) is 0 Å². The summed E-state index contributed by atoms with van der Waals surface area (Å²) in [6.07, 6.45) is 3.84. The molecule has 1 heterocycles. The first-order valence-corrected chi connectivity index (χ1v) is 11.4. The molecule has 32 heavy (non-hydrogen) atoms. The van der Waals surface area contributed by atoms with Gasteiger partial charge in [0.05, 0.1) is 16.8 Å². The van der Waals surface area contributed by atoms with Crippen LogP contribution >= 0.6 is 0 Å². The molecule has 0 unspecified atom stereocenters. The van der Waals surface area contributed by atoms with Gasteiger partial charge >= 0.3 is 5.97 Å². The number of aromatic nitrogens is 1. The predicted octanol–water partition coefficient (Wildman–Crippen LogP) is 7.56. The van der Waals surface area contributed by atoms with E-state index >= 15 is 0 Å². The van der Waals surface area contributed by atoms with Crippen molar-refractivity contribution in [3.05, 3.63) is 89.5 Å². The molecule has 1 N–H and O–H groups in total. The van der Waals surface area contributed by atoms with Crippen molar-refractivity contribution in [2.75, 3.05) is 0 Å². The highest BCUT2D eigenvalue weighted by Crippen LogP contribution is 2.39. The van der Waals surface area contributed by atoms with Crippen LogP contribution in [-0.2, 0) is 5.41 Å². The Bertz CT molecular complexity index is 1320. The molecule has 0 aliphatic heterocycles. The van der Waals surface area contributed by atoms with Gasteiger partial charge in [-0.1, -0.05) is 63.6 Å². The molecule has 1 aliphatic carbocycles. The van der Waals surface area contributed by atoms with E-state index in [1.165, 1.54) is 36.0 Å². The lowest BCUT2D eigenvalue weighted by Crippen LogP contribution is -2.11. The number of benzene rings is 3. The Morgan fingerprint density at radius 3 is 2.41 bits per heavy atom. The molecule has 0 radical (unpaired) electrons. The fraction of sp³-hybridized carbons (Fsp3) is 0.276. The number of rotatable bonds is 4. The summed E-state index contributed by atoms with van der Waals surface area (Å²) in [4.78, 5) is 11.7. The van der Waals surface area contributed by atoms with Crippen molar-refractivity contribution in [3.8, 4) is 16.9 Å². The highest BCUT2D eigenvalue weighted by molar-refractivity contribution is 5.92. The lowest BCUT2D eigenvalue weighted by Gasteiger charge is -2.26. The summed E-state index contributed by atoms with van der Waals surface area (Å²) in [5, 5.41) is 10.7. The van der Waals surface area contributed by atoms with Crippen LogP contribution in [0.2, 0.25) is 0 Å². The highest BCUT2D eigenvalue weighted by Gasteiger charge is 2.22. The number of hydrogen-bond donors (Lipinski definition) is 1. The average molecular weight is 424 g/mol. The van der Waals surface area contributed by atoms with Crippen molar-refractivity contribution in [1.82, 2.24) is 4.57 Å². The number of nitrogens with zero attached hydrogens (tertiary/aromatic N) is 1. The summed E-state index contributed by atoms with van der Waals surface area (Å²) in [6.45, 7) is 6.65. The largest absolute Gasteiger partial charge is 0.478 e. The van der Waals surface area contributed by atoms with E-state index in [0.717, 1.165) is 22.3 Å². The molecule has 0 bridgehead atoms. The Morgan fingerprint density at radius 1 is 0.938 bits per heavy atom. The smallest absolute Gasteiger partial charge is 0.335 e. The van der Waals surface area contributed by atoms with E-state index in [9.17, 15) is 9.90 Å². The third-order valence-electron chi connectivity index (χ3n) is 6.78.